The van der Waals surface area contributed by atoms with E-state index in [1.807, 2.05) is 0 Å². The molecule has 2 aromatic heterocycles. The topological polar surface area (TPSA) is 56.3 Å². The molecule has 4 heteroatoms. The summed E-state index contributed by atoms with van der Waals surface area (Å²) in [6.07, 6.45) is 11.4. The second kappa shape index (κ2) is 11.9. The van der Waals surface area contributed by atoms with Crippen LogP contribution in [0, 0.1) is 27.7 Å². The van der Waals surface area contributed by atoms with Crippen molar-refractivity contribution in [2.75, 3.05) is 0 Å². The Morgan fingerprint density at radius 2 is 0.872 bits per heavy atom. The first kappa shape index (κ1) is 28.9. The van der Waals surface area contributed by atoms with E-state index in [9.17, 15) is 0 Å². The van der Waals surface area contributed by atoms with Crippen LogP contribution in [-0.4, -0.2) is 21.4 Å². The predicted molar refractivity (Wildman–Crippen MR) is 170 cm³/mol. The number of aromatic amines is 2. The fourth-order valence-electron chi connectivity index (χ4n) is 6.78. The number of rotatable bonds is 10. The van der Waals surface area contributed by atoms with Gasteiger partial charge in [0.25, 0.3) is 0 Å². The Morgan fingerprint density at radius 3 is 1.15 bits per heavy atom. The molecule has 0 unspecified atom stereocenters. The summed E-state index contributed by atoms with van der Waals surface area (Å²) in [5.41, 5.74) is 20.7. The number of allylic oxidation sites excluding steroid dienone is 4. The molecule has 0 atom stereocenters. The summed E-state index contributed by atoms with van der Waals surface area (Å²) in [6.45, 7) is 22.3. The van der Waals surface area contributed by atoms with Gasteiger partial charge in [0.05, 0.1) is 22.8 Å². The molecular weight excluding hydrogens is 476 g/mol. The molecule has 0 fully saturated rings. The van der Waals surface area contributed by atoms with Gasteiger partial charge in [0.2, 0.25) is 0 Å². The van der Waals surface area contributed by atoms with Crippen LogP contribution < -0.4 is 0 Å². The zero-order chi connectivity index (χ0) is 28.4. The molecule has 4 rings (SSSR count). The highest BCUT2D eigenvalue weighted by Crippen LogP contribution is 2.37. The average molecular weight is 525 g/mol. The monoisotopic (exact) mass is 524 g/mol. The Labute approximate surface area is 236 Å². The number of aromatic nitrogens is 2. The van der Waals surface area contributed by atoms with Gasteiger partial charge in [0.15, 0.2) is 0 Å². The zero-order valence-corrected chi connectivity index (χ0v) is 26.0. The molecule has 4 heterocycles. The van der Waals surface area contributed by atoms with E-state index in [1.165, 1.54) is 78.7 Å². The Balaban J connectivity index is 1.76. The van der Waals surface area contributed by atoms with E-state index in [0.29, 0.717) is 0 Å². The van der Waals surface area contributed by atoms with Crippen LogP contribution in [0.25, 0.3) is 12.2 Å². The third kappa shape index (κ3) is 5.23. The van der Waals surface area contributed by atoms with Gasteiger partial charge in [0, 0.05) is 29.2 Å². The van der Waals surface area contributed by atoms with E-state index in [2.05, 4.69) is 91.4 Å². The van der Waals surface area contributed by atoms with Crippen molar-refractivity contribution in [3.8, 4) is 0 Å². The first-order chi connectivity index (χ1) is 18.7. The SMILES string of the molecule is CCC1=C(CC)C(CC2=N/C(=C\c3[nH]c(C)c(CC)c3C)C(CC)=C2CC)=NC1=Cc1[nH]c(C)c(CC)c1C. The molecule has 208 valence electrons. The van der Waals surface area contributed by atoms with Gasteiger partial charge in [-0.05, 0) is 123 Å². The molecule has 0 aliphatic carbocycles. The van der Waals surface area contributed by atoms with Crippen LogP contribution in [0.3, 0.4) is 0 Å². The van der Waals surface area contributed by atoms with Gasteiger partial charge >= 0.3 is 0 Å². The van der Waals surface area contributed by atoms with E-state index in [-0.39, 0.29) is 0 Å². The van der Waals surface area contributed by atoms with E-state index < -0.39 is 0 Å². The second-order valence-electron chi connectivity index (χ2n) is 10.9. The molecule has 39 heavy (non-hydrogen) atoms. The van der Waals surface area contributed by atoms with Crippen LogP contribution in [0.4, 0.5) is 0 Å². The molecule has 0 saturated heterocycles. The van der Waals surface area contributed by atoms with Crippen molar-refractivity contribution in [1.29, 1.82) is 0 Å². The van der Waals surface area contributed by atoms with Crippen LogP contribution in [0.5, 0.6) is 0 Å². The molecular formula is C35H48N4. The van der Waals surface area contributed by atoms with Crippen molar-refractivity contribution in [1.82, 2.24) is 9.97 Å². The maximum atomic E-state index is 5.28. The first-order valence-corrected chi connectivity index (χ1v) is 15.1. The first-order valence-electron chi connectivity index (χ1n) is 15.1. The standard InChI is InChI=1S/C35H48N4/c1-11-24-20(7)30(36-22(24)9)17-32-26(13-3)28(15-5)34(38-32)19-35-29(16-6)27(14-4)33(39-35)18-31-21(8)25(12-2)23(10)37-31/h17-18,36-37H,11-16,19H2,1-10H3/b32-17-,33-18?. The molecule has 2 aliphatic heterocycles. The summed E-state index contributed by atoms with van der Waals surface area (Å²) in [5.74, 6) is 0. The van der Waals surface area contributed by atoms with E-state index in [0.717, 1.165) is 56.3 Å². The van der Waals surface area contributed by atoms with Gasteiger partial charge in [-0.15, -0.1) is 0 Å². The van der Waals surface area contributed by atoms with Crippen molar-refractivity contribution in [2.24, 2.45) is 9.98 Å². The molecule has 0 spiro atoms. The maximum absolute atomic E-state index is 5.28. The van der Waals surface area contributed by atoms with Gasteiger partial charge in [-0.3, -0.25) is 9.98 Å². The lowest BCUT2D eigenvalue weighted by Crippen LogP contribution is -2.10. The highest BCUT2D eigenvalue weighted by Gasteiger charge is 2.28. The highest BCUT2D eigenvalue weighted by molar-refractivity contribution is 6.21. The van der Waals surface area contributed by atoms with Crippen LogP contribution in [0.1, 0.15) is 119 Å². The van der Waals surface area contributed by atoms with Gasteiger partial charge < -0.3 is 9.97 Å². The molecule has 0 amide bonds. The van der Waals surface area contributed by atoms with Crippen LogP contribution in [0.15, 0.2) is 43.7 Å². The summed E-state index contributed by atoms with van der Waals surface area (Å²) in [6, 6.07) is 0. The van der Waals surface area contributed by atoms with Crippen molar-refractivity contribution in [3.05, 3.63) is 78.7 Å². The number of aryl methyl sites for hydroxylation is 2. The quantitative estimate of drug-likeness (QED) is 0.311. The Kier molecular flexibility index (Phi) is 8.83. The van der Waals surface area contributed by atoms with E-state index in [1.54, 1.807) is 0 Å². The third-order valence-electron chi connectivity index (χ3n) is 8.84. The number of aliphatic imine (C=N–C) groups is 2. The normalized spacial score (nSPS) is 17.9. The summed E-state index contributed by atoms with van der Waals surface area (Å²) in [5, 5.41) is 0. The molecule has 0 aromatic carbocycles. The van der Waals surface area contributed by atoms with Crippen molar-refractivity contribution >= 4 is 23.6 Å². The lowest BCUT2D eigenvalue weighted by molar-refractivity contribution is 1.05. The minimum absolute atomic E-state index is 0.792. The van der Waals surface area contributed by atoms with Gasteiger partial charge in [-0.2, -0.15) is 0 Å². The van der Waals surface area contributed by atoms with Crippen LogP contribution in [0.2, 0.25) is 0 Å². The summed E-state index contributed by atoms with van der Waals surface area (Å²) in [7, 11) is 0. The Bertz CT molecular complexity index is 1350. The highest BCUT2D eigenvalue weighted by atomic mass is 14.9. The fourth-order valence-corrected chi connectivity index (χ4v) is 6.78. The maximum Gasteiger partial charge on any atom is 0.0689 e. The predicted octanol–water partition coefficient (Wildman–Crippen LogP) is 9.62. The molecule has 2 N–H and O–H groups in total. The van der Waals surface area contributed by atoms with Crippen LogP contribution >= 0.6 is 0 Å². The summed E-state index contributed by atoms with van der Waals surface area (Å²) < 4.78 is 0. The lowest BCUT2D eigenvalue weighted by atomic mass is 9.93. The Morgan fingerprint density at radius 1 is 0.513 bits per heavy atom. The minimum atomic E-state index is 0.792. The molecule has 4 nitrogen and oxygen atoms in total. The van der Waals surface area contributed by atoms with Crippen molar-refractivity contribution in [3.63, 3.8) is 0 Å². The lowest BCUT2D eigenvalue weighted by Gasteiger charge is -2.09. The number of H-pyrrole nitrogens is 2. The third-order valence-corrected chi connectivity index (χ3v) is 8.84. The average Bonchev–Trinajstić information content (AvgIpc) is 3.59. The number of nitrogens with one attached hydrogen (secondary N) is 2. The van der Waals surface area contributed by atoms with E-state index >= 15 is 0 Å². The second-order valence-corrected chi connectivity index (χ2v) is 10.9. The number of hydrogen-bond donors (Lipinski definition) is 2. The van der Waals surface area contributed by atoms with E-state index in [4.69, 9.17) is 9.98 Å². The minimum Gasteiger partial charge on any atom is -0.359 e. The number of hydrogen-bond acceptors (Lipinski definition) is 2. The molecule has 2 aliphatic rings. The zero-order valence-electron chi connectivity index (χ0n) is 26.0. The molecule has 0 radical (unpaired) electrons. The largest absolute Gasteiger partial charge is 0.359 e. The van der Waals surface area contributed by atoms with Gasteiger partial charge in [-0.1, -0.05) is 41.5 Å². The summed E-state index contributed by atoms with van der Waals surface area (Å²) >= 11 is 0. The Hall–Kier alpha value is -3.14. The van der Waals surface area contributed by atoms with Crippen molar-refractivity contribution in [2.45, 2.75) is 114 Å². The summed E-state index contributed by atoms with van der Waals surface area (Å²) in [4.78, 5) is 17.8. The smallest absolute Gasteiger partial charge is 0.0689 e. The molecule has 0 bridgehead atoms. The molecule has 2 aromatic rings. The fraction of sp³-hybridized carbons (Fsp3) is 0.486. The van der Waals surface area contributed by atoms with Gasteiger partial charge in [0.1, 0.15) is 0 Å². The molecule has 0 saturated carbocycles. The van der Waals surface area contributed by atoms with Crippen molar-refractivity contribution < 1.29 is 0 Å². The van der Waals surface area contributed by atoms with Gasteiger partial charge in [-0.25, -0.2) is 0 Å². The van der Waals surface area contributed by atoms with Crippen LogP contribution in [-0.2, 0) is 12.8 Å². The number of nitrogens with zero attached hydrogens (tertiary/aromatic N) is 2.